The van der Waals surface area contributed by atoms with Gasteiger partial charge in [0.1, 0.15) is 0 Å². The normalized spacial score (nSPS) is 12.6. The molecule has 3 N–H and O–H groups in total. The Morgan fingerprint density at radius 2 is 2.12 bits per heavy atom. The van der Waals surface area contributed by atoms with Crippen molar-refractivity contribution in [2.75, 3.05) is 0 Å². The molecule has 90 valence electrons. The molecule has 0 aromatic carbocycles. The quantitative estimate of drug-likeness (QED) is 0.605. The van der Waals surface area contributed by atoms with E-state index < -0.39 is 0 Å². The maximum absolute atomic E-state index is 5.63. The maximum Gasteiger partial charge on any atom is 0.0642 e. The molecular formula is C12H17N5. The average Bonchev–Trinajstić information content (AvgIpc) is 2.67. The minimum Gasteiger partial charge on any atom is -0.275 e. The van der Waals surface area contributed by atoms with Crippen molar-refractivity contribution >= 4 is 0 Å². The summed E-state index contributed by atoms with van der Waals surface area (Å²) in [7, 11) is 1.91. The van der Waals surface area contributed by atoms with E-state index in [0.29, 0.717) is 0 Å². The summed E-state index contributed by atoms with van der Waals surface area (Å²) in [4.78, 5) is 4.00. The minimum absolute atomic E-state index is 0.0751. The fourth-order valence-electron chi connectivity index (χ4n) is 1.97. The average molecular weight is 231 g/mol. The van der Waals surface area contributed by atoms with Gasteiger partial charge in [-0.05, 0) is 31.0 Å². The SMILES string of the molecule is Cc1nn(C)cc1C(Cc1ccncc1)NN. The van der Waals surface area contributed by atoms with Gasteiger partial charge in [-0.1, -0.05) is 0 Å². The molecule has 0 spiro atoms. The van der Waals surface area contributed by atoms with Crippen LogP contribution in [0.2, 0.25) is 0 Å². The van der Waals surface area contributed by atoms with E-state index in [1.807, 2.05) is 37.0 Å². The van der Waals surface area contributed by atoms with Gasteiger partial charge in [-0.15, -0.1) is 0 Å². The van der Waals surface area contributed by atoms with Crippen molar-refractivity contribution in [3.05, 3.63) is 47.5 Å². The number of hydrazine groups is 1. The lowest BCUT2D eigenvalue weighted by atomic mass is 10.0. The zero-order chi connectivity index (χ0) is 12.3. The topological polar surface area (TPSA) is 68.8 Å². The van der Waals surface area contributed by atoms with Crippen molar-refractivity contribution in [1.29, 1.82) is 0 Å². The second kappa shape index (κ2) is 5.07. The van der Waals surface area contributed by atoms with Crippen LogP contribution >= 0.6 is 0 Å². The second-order valence-electron chi connectivity index (χ2n) is 4.12. The standard InChI is InChI=1S/C12H17N5/c1-9-11(8-17(2)16-9)12(15-13)7-10-3-5-14-6-4-10/h3-6,8,12,15H,7,13H2,1-2H3. The van der Waals surface area contributed by atoms with Crippen molar-refractivity contribution in [2.24, 2.45) is 12.9 Å². The van der Waals surface area contributed by atoms with E-state index in [4.69, 9.17) is 5.84 Å². The Labute approximate surface area is 101 Å². The lowest BCUT2D eigenvalue weighted by Crippen LogP contribution is -2.29. The molecule has 0 aliphatic rings. The molecule has 0 amide bonds. The van der Waals surface area contributed by atoms with Gasteiger partial charge in [0.2, 0.25) is 0 Å². The third-order valence-corrected chi connectivity index (χ3v) is 2.82. The van der Waals surface area contributed by atoms with Crippen molar-refractivity contribution in [3.8, 4) is 0 Å². The predicted molar refractivity (Wildman–Crippen MR) is 66.0 cm³/mol. The highest BCUT2D eigenvalue weighted by atomic mass is 15.3. The number of nitrogens with two attached hydrogens (primary N) is 1. The summed E-state index contributed by atoms with van der Waals surface area (Å²) in [6.45, 7) is 1.99. The highest BCUT2D eigenvalue weighted by Gasteiger charge is 2.15. The van der Waals surface area contributed by atoms with Crippen LogP contribution in [0.3, 0.4) is 0 Å². The van der Waals surface area contributed by atoms with Crippen molar-refractivity contribution in [1.82, 2.24) is 20.2 Å². The zero-order valence-corrected chi connectivity index (χ0v) is 10.1. The number of rotatable bonds is 4. The molecule has 0 saturated heterocycles. The Morgan fingerprint density at radius 1 is 1.41 bits per heavy atom. The van der Waals surface area contributed by atoms with Crippen LogP contribution < -0.4 is 11.3 Å². The molecule has 2 heterocycles. The van der Waals surface area contributed by atoms with Gasteiger partial charge < -0.3 is 0 Å². The Morgan fingerprint density at radius 3 is 2.65 bits per heavy atom. The molecule has 5 nitrogen and oxygen atoms in total. The van der Waals surface area contributed by atoms with Crippen LogP contribution in [0.5, 0.6) is 0 Å². The van der Waals surface area contributed by atoms with Crippen LogP contribution in [0.4, 0.5) is 0 Å². The smallest absolute Gasteiger partial charge is 0.0642 e. The zero-order valence-electron chi connectivity index (χ0n) is 10.1. The third-order valence-electron chi connectivity index (χ3n) is 2.82. The lowest BCUT2D eigenvalue weighted by Gasteiger charge is -2.15. The molecule has 0 bridgehead atoms. The van der Waals surface area contributed by atoms with Crippen molar-refractivity contribution < 1.29 is 0 Å². The first kappa shape index (κ1) is 11.8. The van der Waals surface area contributed by atoms with Gasteiger partial charge in [0.05, 0.1) is 11.7 Å². The monoisotopic (exact) mass is 231 g/mol. The largest absolute Gasteiger partial charge is 0.275 e. The van der Waals surface area contributed by atoms with E-state index in [0.717, 1.165) is 17.7 Å². The van der Waals surface area contributed by atoms with E-state index in [-0.39, 0.29) is 6.04 Å². The second-order valence-corrected chi connectivity index (χ2v) is 4.12. The number of hydrogen-bond acceptors (Lipinski definition) is 4. The summed E-state index contributed by atoms with van der Waals surface area (Å²) in [6.07, 6.45) is 6.41. The van der Waals surface area contributed by atoms with Gasteiger partial charge in [-0.2, -0.15) is 5.10 Å². The van der Waals surface area contributed by atoms with Crippen LogP contribution in [0, 0.1) is 6.92 Å². The van der Waals surface area contributed by atoms with E-state index in [1.165, 1.54) is 5.56 Å². The van der Waals surface area contributed by atoms with Gasteiger partial charge in [-0.25, -0.2) is 0 Å². The molecule has 2 aromatic rings. The Balaban J connectivity index is 2.20. The number of pyridine rings is 1. The summed E-state index contributed by atoms with van der Waals surface area (Å²) < 4.78 is 1.81. The Hall–Kier alpha value is -1.72. The molecule has 17 heavy (non-hydrogen) atoms. The van der Waals surface area contributed by atoms with Gasteiger partial charge in [0, 0.05) is 31.2 Å². The number of hydrogen-bond donors (Lipinski definition) is 2. The summed E-state index contributed by atoms with van der Waals surface area (Å²) in [6, 6.07) is 4.07. The fraction of sp³-hybridized carbons (Fsp3) is 0.333. The van der Waals surface area contributed by atoms with Crippen LogP contribution in [0.15, 0.2) is 30.7 Å². The van der Waals surface area contributed by atoms with E-state index in [9.17, 15) is 0 Å². The number of aryl methyl sites for hydroxylation is 2. The van der Waals surface area contributed by atoms with Crippen LogP contribution in [-0.2, 0) is 13.5 Å². The first-order chi connectivity index (χ1) is 8.20. The highest BCUT2D eigenvalue weighted by molar-refractivity contribution is 5.23. The highest BCUT2D eigenvalue weighted by Crippen LogP contribution is 2.19. The van der Waals surface area contributed by atoms with E-state index in [1.54, 1.807) is 12.4 Å². The lowest BCUT2D eigenvalue weighted by molar-refractivity contribution is 0.549. The maximum atomic E-state index is 5.63. The summed E-state index contributed by atoms with van der Waals surface area (Å²) in [5.74, 6) is 5.63. The predicted octanol–water partition coefficient (Wildman–Crippen LogP) is 0.871. The van der Waals surface area contributed by atoms with Crippen LogP contribution in [-0.4, -0.2) is 14.8 Å². The van der Waals surface area contributed by atoms with E-state index >= 15 is 0 Å². The van der Waals surface area contributed by atoms with Gasteiger partial charge in [-0.3, -0.25) is 20.9 Å². The molecular weight excluding hydrogens is 214 g/mol. The molecule has 0 radical (unpaired) electrons. The molecule has 1 atom stereocenters. The summed E-state index contributed by atoms with van der Waals surface area (Å²) in [5.41, 5.74) is 6.18. The first-order valence-electron chi connectivity index (χ1n) is 5.56. The van der Waals surface area contributed by atoms with Crippen molar-refractivity contribution in [2.45, 2.75) is 19.4 Å². The fourth-order valence-corrected chi connectivity index (χ4v) is 1.97. The van der Waals surface area contributed by atoms with Gasteiger partial charge in [0.25, 0.3) is 0 Å². The number of nitrogens with zero attached hydrogens (tertiary/aromatic N) is 3. The molecule has 0 saturated carbocycles. The van der Waals surface area contributed by atoms with Crippen molar-refractivity contribution in [3.63, 3.8) is 0 Å². The molecule has 0 aliphatic heterocycles. The number of nitrogens with one attached hydrogen (secondary N) is 1. The molecule has 1 unspecified atom stereocenters. The molecule has 5 heteroatoms. The number of aromatic nitrogens is 3. The van der Waals surface area contributed by atoms with E-state index in [2.05, 4.69) is 15.5 Å². The van der Waals surface area contributed by atoms with Gasteiger partial charge in [0.15, 0.2) is 0 Å². The summed E-state index contributed by atoms with van der Waals surface area (Å²) >= 11 is 0. The minimum atomic E-state index is 0.0751. The first-order valence-corrected chi connectivity index (χ1v) is 5.56. The third kappa shape index (κ3) is 2.69. The van der Waals surface area contributed by atoms with Crippen LogP contribution in [0.1, 0.15) is 22.9 Å². The molecule has 2 aromatic heterocycles. The Bertz CT molecular complexity index is 477. The Kier molecular flexibility index (Phi) is 3.51. The van der Waals surface area contributed by atoms with Crippen LogP contribution in [0.25, 0.3) is 0 Å². The molecule has 2 rings (SSSR count). The van der Waals surface area contributed by atoms with Gasteiger partial charge >= 0.3 is 0 Å². The molecule has 0 fully saturated rings. The summed E-state index contributed by atoms with van der Waals surface area (Å²) in [5, 5.41) is 4.33. The molecule has 0 aliphatic carbocycles.